The molecule has 0 aliphatic heterocycles. The summed E-state index contributed by atoms with van der Waals surface area (Å²) in [5, 5.41) is 8.69. The van der Waals surface area contributed by atoms with Crippen LogP contribution in [-0.4, -0.2) is 31.2 Å². The second kappa shape index (κ2) is 8.08. The molecule has 0 radical (unpaired) electrons. The van der Waals surface area contributed by atoms with E-state index in [4.69, 9.17) is 9.15 Å². The Morgan fingerprint density at radius 3 is 2.55 bits per heavy atom. The van der Waals surface area contributed by atoms with Crippen LogP contribution in [0.15, 0.2) is 93.5 Å². The largest absolute Gasteiger partial charge is 0.491 e. The van der Waals surface area contributed by atoms with Gasteiger partial charge in [-0.3, -0.25) is 4.79 Å². The molecule has 0 bridgehead atoms. The van der Waals surface area contributed by atoms with Crippen LogP contribution < -0.4 is 15.9 Å². The van der Waals surface area contributed by atoms with Crippen molar-refractivity contribution >= 4 is 0 Å². The van der Waals surface area contributed by atoms with Crippen molar-refractivity contribution in [1.29, 1.82) is 0 Å². The lowest BCUT2D eigenvalue weighted by molar-refractivity contribution is 0.405. The van der Waals surface area contributed by atoms with Crippen LogP contribution in [0, 0.1) is 5.82 Å². The molecule has 33 heavy (non-hydrogen) atoms. The monoisotopic (exact) mass is 445 g/mol. The van der Waals surface area contributed by atoms with Crippen LogP contribution in [0.1, 0.15) is 0 Å². The van der Waals surface area contributed by atoms with Gasteiger partial charge in [-0.05, 0) is 30.3 Å². The minimum atomic E-state index is -0.665. The molecular formula is C23H16FN5O4. The lowest BCUT2D eigenvalue weighted by Gasteiger charge is -2.13. The minimum Gasteiger partial charge on any atom is -0.491 e. The Morgan fingerprint density at radius 2 is 1.85 bits per heavy atom. The van der Waals surface area contributed by atoms with Gasteiger partial charge in [-0.15, -0.1) is 0 Å². The number of halogens is 1. The van der Waals surface area contributed by atoms with Gasteiger partial charge in [0.2, 0.25) is 0 Å². The van der Waals surface area contributed by atoms with Gasteiger partial charge in [-0.25, -0.2) is 23.1 Å². The quantitative estimate of drug-likeness (QED) is 0.413. The van der Waals surface area contributed by atoms with Gasteiger partial charge >= 0.3 is 5.76 Å². The van der Waals surface area contributed by atoms with Gasteiger partial charge in [-0.2, -0.15) is 10.2 Å². The summed E-state index contributed by atoms with van der Waals surface area (Å²) in [6.45, 7) is 0. The van der Waals surface area contributed by atoms with Crippen molar-refractivity contribution in [1.82, 2.24) is 24.1 Å². The Bertz CT molecular complexity index is 1570. The predicted octanol–water partition coefficient (Wildman–Crippen LogP) is 2.98. The molecule has 0 spiro atoms. The highest BCUT2D eigenvalue weighted by Gasteiger charge is 2.19. The van der Waals surface area contributed by atoms with Crippen LogP contribution >= 0.6 is 0 Å². The maximum Gasteiger partial charge on any atom is 0.423 e. The fourth-order valence-corrected chi connectivity index (χ4v) is 3.45. The standard InChI is InChI=1S/C23H16FN5O4/c1-32-20-14-28(18-8-7-16(13-17(18)24)27-11-12-33-23(27)31)26-21(22(20)30)19-9-10-25-29(19)15-5-3-2-4-6-15/h2-14H,1H3. The third-order valence-electron chi connectivity index (χ3n) is 5.02. The van der Waals surface area contributed by atoms with E-state index in [1.54, 1.807) is 16.9 Å². The molecule has 0 fully saturated rings. The molecule has 5 aromatic rings. The van der Waals surface area contributed by atoms with Gasteiger partial charge in [0.1, 0.15) is 12.0 Å². The Hall–Kier alpha value is -4.73. The number of benzene rings is 2. The van der Waals surface area contributed by atoms with E-state index in [-0.39, 0.29) is 22.8 Å². The molecule has 3 heterocycles. The molecule has 2 aromatic carbocycles. The highest BCUT2D eigenvalue weighted by Crippen LogP contribution is 2.22. The van der Waals surface area contributed by atoms with Gasteiger partial charge in [-0.1, -0.05) is 18.2 Å². The summed E-state index contributed by atoms with van der Waals surface area (Å²) in [5.41, 5.74) is 1.06. The molecule has 0 amide bonds. The fourth-order valence-electron chi connectivity index (χ4n) is 3.45. The number of methoxy groups -OCH3 is 1. The SMILES string of the molecule is COc1cn(-c2ccc(-n3ccoc3=O)cc2F)nc(-c2ccnn2-c2ccccc2)c1=O. The van der Waals surface area contributed by atoms with E-state index in [0.717, 1.165) is 10.3 Å². The van der Waals surface area contributed by atoms with E-state index in [1.165, 1.54) is 48.6 Å². The van der Waals surface area contributed by atoms with Crippen molar-refractivity contribution < 1.29 is 13.5 Å². The van der Waals surface area contributed by atoms with Crippen molar-refractivity contribution in [2.24, 2.45) is 0 Å². The molecule has 164 valence electrons. The second-order valence-electron chi connectivity index (χ2n) is 6.96. The Balaban J connectivity index is 1.66. The summed E-state index contributed by atoms with van der Waals surface area (Å²) in [6, 6.07) is 15.0. The first-order chi connectivity index (χ1) is 16.1. The third-order valence-corrected chi connectivity index (χ3v) is 5.02. The first kappa shape index (κ1) is 20.2. The second-order valence-corrected chi connectivity index (χ2v) is 6.96. The number of aromatic nitrogens is 5. The molecule has 9 nitrogen and oxygen atoms in total. The molecule has 10 heteroatoms. The zero-order valence-electron chi connectivity index (χ0n) is 17.3. The van der Waals surface area contributed by atoms with Crippen molar-refractivity contribution in [3.63, 3.8) is 0 Å². The van der Waals surface area contributed by atoms with Crippen molar-refractivity contribution in [3.8, 4) is 34.2 Å². The molecular weight excluding hydrogens is 429 g/mol. The van der Waals surface area contributed by atoms with Crippen LogP contribution in [0.3, 0.4) is 0 Å². The molecule has 0 aliphatic carbocycles. The summed E-state index contributed by atoms with van der Waals surface area (Å²) in [4.78, 5) is 24.7. The smallest absolute Gasteiger partial charge is 0.423 e. The lowest BCUT2D eigenvalue weighted by Crippen LogP contribution is -2.18. The maximum atomic E-state index is 15.1. The average molecular weight is 445 g/mol. The van der Waals surface area contributed by atoms with Crippen molar-refractivity contribution in [2.75, 3.05) is 7.11 Å². The van der Waals surface area contributed by atoms with Crippen LogP contribution in [-0.2, 0) is 0 Å². The number of hydrogen-bond donors (Lipinski definition) is 0. The summed E-state index contributed by atoms with van der Waals surface area (Å²) in [6.07, 6.45) is 5.45. The van der Waals surface area contributed by atoms with E-state index in [0.29, 0.717) is 5.69 Å². The number of nitrogens with zero attached hydrogens (tertiary/aromatic N) is 5. The molecule has 0 saturated carbocycles. The normalized spacial score (nSPS) is 11.0. The molecule has 5 rings (SSSR count). The molecule has 0 unspecified atom stereocenters. The number of ether oxygens (including phenoxy) is 1. The summed E-state index contributed by atoms with van der Waals surface area (Å²) in [7, 11) is 1.35. The highest BCUT2D eigenvalue weighted by molar-refractivity contribution is 5.59. The first-order valence-electron chi connectivity index (χ1n) is 9.81. The van der Waals surface area contributed by atoms with E-state index < -0.39 is 17.0 Å². The summed E-state index contributed by atoms with van der Waals surface area (Å²) in [5.74, 6) is -1.32. The molecule has 0 N–H and O–H groups in total. The van der Waals surface area contributed by atoms with Gasteiger partial charge in [0.15, 0.2) is 17.3 Å². The fraction of sp³-hybridized carbons (Fsp3) is 0.0435. The van der Waals surface area contributed by atoms with Crippen LogP contribution in [0.2, 0.25) is 0 Å². The van der Waals surface area contributed by atoms with Crippen LogP contribution in [0.4, 0.5) is 4.39 Å². The summed E-state index contributed by atoms with van der Waals surface area (Å²) >= 11 is 0. The van der Waals surface area contributed by atoms with Gasteiger partial charge in [0.25, 0.3) is 5.43 Å². The Labute approximate surface area is 185 Å². The van der Waals surface area contributed by atoms with Gasteiger partial charge < -0.3 is 9.15 Å². The van der Waals surface area contributed by atoms with Gasteiger partial charge in [0.05, 0.1) is 42.8 Å². The minimum absolute atomic E-state index is 0.0182. The highest BCUT2D eigenvalue weighted by atomic mass is 19.1. The van der Waals surface area contributed by atoms with E-state index >= 15 is 4.39 Å². The van der Waals surface area contributed by atoms with Crippen molar-refractivity contribution in [2.45, 2.75) is 0 Å². The number of rotatable bonds is 5. The topological polar surface area (TPSA) is 97.1 Å². The zero-order chi connectivity index (χ0) is 22.9. The predicted molar refractivity (Wildman–Crippen MR) is 117 cm³/mol. The van der Waals surface area contributed by atoms with E-state index in [9.17, 15) is 9.59 Å². The molecule has 0 aliphatic rings. The number of oxazole rings is 1. The summed E-state index contributed by atoms with van der Waals surface area (Å²) < 4.78 is 29.0. The van der Waals surface area contributed by atoms with Gasteiger partial charge in [0, 0.05) is 6.07 Å². The number of hydrogen-bond acceptors (Lipinski definition) is 6. The van der Waals surface area contributed by atoms with E-state index in [1.807, 2.05) is 30.3 Å². The lowest BCUT2D eigenvalue weighted by atomic mass is 10.2. The van der Waals surface area contributed by atoms with Crippen LogP contribution in [0.25, 0.3) is 28.5 Å². The van der Waals surface area contributed by atoms with E-state index in [2.05, 4.69) is 10.2 Å². The zero-order valence-corrected chi connectivity index (χ0v) is 17.3. The van der Waals surface area contributed by atoms with Crippen molar-refractivity contribution in [3.05, 3.63) is 106 Å². The molecule has 0 atom stereocenters. The average Bonchev–Trinajstić information content (AvgIpc) is 3.49. The maximum absolute atomic E-state index is 15.1. The Morgan fingerprint density at radius 1 is 1.03 bits per heavy atom. The first-order valence-corrected chi connectivity index (χ1v) is 9.81. The number of para-hydroxylation sites is 1. The Kier molecular flexibility index (Phi) is 4.94. The molecule has 0 saturated heterocycles. The molecule has 3 aromatic heterocycles. The third kappa shape index (κ3) is 3.53. The van der Waals surface area contributed by atoms with Crippen LogP contribution in [0.5, 0.6) is 5.75 Å².